The van der Waals surface area contributed by atoms with E-state index in [0.717, 1.165) is 5.56 Å². The molecule has 0 N–H and O–H groups in total. The van der Waals surface area contributed by atoms with Crippen molar-refractivity contribution in [1.82, 2.24) is 4.31 Å². The summed E-state index contributed by atoms with van der Waals surface area (Å²) in [7, 11) is -3.56. The molecule has 0 saturated carbocycles. The van der Waals surface area contributed by atoms with Crippen molar-refractivity contribution in [3.05, 3.63) is 65.7 Å². The summed E-state index contributed by atoms with van der Waals surface area (Å²) in [6.07, 6.45) is -4.33. The van der Waals surface area contributed by atoms with Crippen LogP contribution in [-0.2, 0) is 16.6 Å². The molecule has 3 rings (SSSR count). The first-order chi connectivity index (χ1) is 11.8. The van der Waals surface area contributed by atoms with Crippen molar-refractivity contribution >= 4 is 10.0 Å². The van der Waals surface area contributed by atoms with Crippen LogP contribution >= 0.6 is 0 Å². The highest BCUT2D eigenvalue weighted by Gasteiger charge is 2.39. The number of hydrogen-bond donors (Lipinski definition) is 0. The average molecular weight is 371 g/mol. The average Bonchev–Trinajstić information content (AvgIpc) is 2.82. The summed E-state index contributed by atoms with van der Waals surface area (Å²) in [6.45, 7) is 0.340. The number of hydrogen-bond acceptors (Lipinski definition) is 3. The van der Waals surface area contributed by atoms with Crippen LogP contribution in [0, 0.1) is 0 Å². The van der Waals surface area contributed by atoms with E-state index in [9.17, 15) is 21.6 Å². The first-order valence-electron chi connectivity index (χ1n) is 7.64. The minimum Gasteiger partial charge on any atom is -0.406 e. The minimum atomic E-state index is -4.78. The van der Waals surface area contributed by atoms with Crippen LogP contribution < -0.4 is 4.74 Å². The van der Waals surface area contributed by atoms with Gasteiger partial charge in [0.15, 0.2) is 0 Å². The summed E-state index contributed by atoms with van der Waals surface area (Å²) in [4.78, 5) is 0. The fourth-order valence-electron chi connectivity index (χ4n) is 2.94. The Balaban J connectivity index is 1.77. The highest BCUT2D eigenvalue weighted by molar-refractivity contribution is 7.89. The molecule has 1 unspecified atom stereocenters. The highest BCUT2D eigenvalue weighted by Crippen LogP contribution is 2.36. The fourth-order valence-corrected chi connectivity index (χ4v) is 4.89. The number of halogens is 3. The summed E-state index contributed by atoms with van der Waals surface area (Å²) in [6, 6.07) is 14.3. The van der Waals surface area contributed by atoms with E-state index in [1.165, 1.54) is 22.5 Å². The highest BCUT2D eigenvalue weighted by atomic mass is 32.2. The molecule has 134 valence electrons. The largest absolute Gasteiger partial charge is 0.573 e. The number of ether oxygens (including phenoxy) is 1. The standard InChI is InChI=1S/C17H16F3NO3S/c18-17(19,20)24-15-8-4-5-13(11-15)12-21-10-9-16(25(21,22)23)14-6-2-1-3-7-14/h1-8,11,16H,9-10,12H2. The Hall–Kier alpha value is -2.06. The first-order valence-corrected chi connectivity index (χ1v) is 9.15. The van der Waals surface area contributed by atoms with E-state index in [4.69, 9.17) is 0 Å². The van der Waals surface area contributed by atoms with Crippen molar-refractivity contribution in [2.75, 3.05) is 6.54 Å². The molecule has 1 saturated heterocycles. The second kappa shape index (κ2) is 6.68. The van der Waals surface area contributed by atoms with Gasteiger partial charge in [-0.05, 0) is 29.7 Å². The summed E-state index contributed by atoms with van der Waals surface area (Å²) in [5.41, 5.74) is 1.16. The van der Waals surface area contributed by atoms with Crippen LogP contribution in [0.25, 0.3) is 0 Å². The Morgan fingerprint density at radius 1 is 1.08 bits per heavy atom. The number of rotatable bonds is 4. The maximum absolute atomic E-state index is 12.7. The molecule has 0 bridgehead atoms. The normalized spacial score (nSPS) is 20.5. The summed E-state index contributed by atoms with van der Waals surface area (Å²) in [5.74, 6) is -0.360. The maximum atomic E-state index is 12.7. The molecule has 1 heterocycles. The third-order valence-corrected chi connectivity index (χ3v) is 6.28. The van der Waals surface area contributed by atoms with Crippen LogP contribution in [-0.4, -0.2) is 25.6 Å². The van der Waals surface area contributed by atoms with E-state index in [1.54, 1.807) is 30.3 Å². The second-order valence-corrected chi connectivity index (χ2v) is 7.88. The lowest BCUT2D eigenvalue weighted by atomic mass is 10.1. The quantitative estimate of drug-likeness (QED) is 0.820. The summed E-state index contributed by atoms with van der Waals surface area (Å²) >= 11 is 0. The van der Waals surface area contributed by atoms with E-state index >= 15 is 0 Å². The van der Waals surface area contributed by atoms with E-state index in [2.05, 4.69) is 4.74 Å². The van der Waals surface area contributed by atoms with E-state index < -0.39 is 21.6 Å². The van der Waals surface area contributed by atoms with Crippen LogP contribution in [0.4, 0.5) is 13.2 Å². The van der Waals surface area contributed by atoms with E-state index in [1.807, 2.05) is 6.07 Å². The van der Waals surface area contributed by atoms with Gasteiger partial charge in [0.25, 0.3) is 0 Å². The molecule has 0 spiro atoms. The lowest BCUT2D eigenvalue weighted by Crippen LogP contribution is -2.26. The van der Waals surface area contributed by atoms with Gasteiger partial charge in [0, 0.05) is 13.1 Å². The number of nitrogens with zero attached hydrogens (tertiary/aromatic N) is 1. The third kappa shape index (κ3) is 4.13. The van der Waals surface area contributed by atoms with Gasteiger partial charge in [0.05, 0.1) is 0 Å². The van der Waals surface area contributed by atoms with Crippen LogP contribution in [0.3, 0.4) is 0 Å². The second-order valence-electron chi connectivity index (χ2n) is 5.76. The summed E-state index contributed by atoms with van der Waals surface area (Å²) in [5, 5.41) is -0.622. The Kier molecular flexibility index (Phi) is 4.75. The van der Waals surface area contributed by atoms with Crippen LogP contribution in [0.15, 0.2) is 54.6 Å². The molecule has 0 aromatic heterocycles. The van der Waals surface area contributed by atoms with Crippen molar-refractivity contribution in [2.24, 2.45) is 0 Å². The SMILES string of the molecule is O=S1(=O)C(c2ccccc2)CCN1Cc1cccc(OC(F)(F)F)c1. The topological polar surface area (TPSA) is 46.6 Å². The maximum Gasteiger partial charge on any atom is 0.573 e. The molecule has 1 aliphatic rings. The van der Waals surface area contributed by atoms with Crippen molar-refractivity contribution in [1.29, 1.82) is 0 Å². The smallest absolute Gasteiger partial charge is 0.406 e. The minimum absolute atomic E-state index is 0.0146. The molecule has 0 radical (unpaired) electrons. The van der Waals surface area contributed by atoms with Gasteiger partial charge in [-0.1, -0.05) is 42.5 Å². The van der Waals surface area contributed by atoms with Gasteiger partial charge in [-0.25, -0.2) is 8.42 Å². The number of sulfonamides is 1. The van der Waals surface area contributed by atoms with Crippen LogP contribution in [0.2, 0.25) is 0 Å². The molecule has 2 aromatic rings. The Labute approximate surface area is 143 Å². The van der Waals surface area contributed by atoms with Crippen molar-refractivity contribution < 1.29 is 26.3 Å². The Bertz CT molecular complexity index is 838. The molecule has 4 nitrogen and oxygen atoms in total. The summed E-state index contributed by atoms with van der Waals surface area (Å²) < 4.78 is 67.6. The molecular weight excluding hydrogens is 355 g/mol. The lowest BCUT2D eigenvalue weighted by molar-refractivity contribution is -0.274. The molecule has 0 amide bonds. The molecule has 1 atom stereocenters. The number of alkyl halides is 3. The van der Waals surface area contributed by atoms with Crippen LogP contribution in [0.1, 0.15) is 22.8 Å². The number of benzene rings is 2. The third-order valence-electron chi connectivity index (χ3n) is 4.02. The fraction of sp³-hybridized carbons (Fsp3) is 0.294. The van der Waals surface area contributed by atoms with Crippen molar-refractivity contribution in [3.63, 3.8) is 0 Å². The van der Waals surface area contributed by atoms with Gasteiger partial charge in [-0.15, -0.1) is 13.2 Å². The zero-order chi connectivity index (χ0) is 18.1. The first kappa shape index (κ1) is 17.8. The molecular formula is C17H16F3NO3S. The zero-order valence-electron chi connectivity index (χ0n) is 13.1. The molecule has 0 aliphatic carbocycles. The zero-order valence-corrected chi connectivity index (χ0v) is 13.9. The van der Waals surface area contributed by atoms with Gasteiger partial charge in [0.2, 0.25) is 10.0 Å². The van der Waals surface area contributed by atoms with Gasteiger partial charge < -0.3 is 4.74 Å². The monoisotopic (exact) mass is 371 g/mol. The molecule has 1 fully saturated rings. The lowest BCUT2D eigenvalue weighted by Gasteiger charge is -2.18. The van der Waals surface area contributed by atoms with Gasteiger partial charge >= 0.3 is 6.36 Å². The Morgan fingerprint density at radius 2 is 1.80 bits per heavy atom. The van der Waals surface area contributed by atoms with Gasteiger partial charge in [-0.2, -0.15) is 4.31 Å². The molecule has 8 heteroatoms. The molecule has 1 aliphatic heterocycles. The van der Waals surface area contributed by atoms with Crippen molar-refractivity contribution in [3.8, 4) is 5.75 Å². The predicted octanol–water partition coefficient (Wildman–Crippen LogP) is 3.86. The van der Waals surface area contributed by atoms with E-state index in [0.29, 0.717) is 18.5 Å². The van der Waals surface area contributed by atoms with Gasteiger partial charge in [0.1, 0.15) is 11.0 Å². The Morgan fingerprint density at radius 3 is 2.48 bits per heavy atom. The predicted molar refractivity (Wildman–Crippen MR) is 86.3 cm³/mol. The molecule has 2 aromatic carbocycles. The van der Waals surface area contributed by atoms with E-state index in [-0.39, 0.29) is 12.3 Å². The van der Waals surface area contributed by atoms with Crippen molar-refractivity contribution in [2.45, 2.75) is 24.6 Å². The molecule has 25 heavy (non-hydrogen) atoms. The van der Waals surface area contributed by atoms with Gasteiger partial charge in [-0.3, -0.25) is 0 Å². The van der Waals surface area contributed by atoms with Crippen LogP contribution in [0.5, 0.6) is 5.75 Å².